The molecule has 0 heterocycles. The largest absolute Gasteiger partial charge is 0.673 e. The van der Waals surface area contributed by atoms with Crippen molar-refractivity contribution in [2.24, 2.45) is 0 Å². The second-order valence-corrected chi connectivity index (χ2v) is 4.52. The lowest BCUT2D eigenvalue weighted by Crippen LogP contribution is -2.02. The van der Waals surface area contributed by atoms with E-state index in [0.717, 1.165) is 0 Å². The Morgan fingerprint density at radius 2 is 1.50 bits per heavy atom. The molecule has 0 saturated heterocycles. The highest BCUT2D eigenvalue weighted by atomic mass is 32.2. The van der Waals surface area contributed by atoms with Gasteiger partial charge in [-0.05, 0) is 23.9 Å². The first-order chi connectivity index (χ1) is 5.27. The van der Waals surface area contributed by atoms with Gasteiger partial charge in [-0.15, -0.1) is 0 Å². The van der Waals surface area contributed by atoms with Gasteiger partial charge in [0.1, 0.15) is 5.75 Å². The molecule has 12 heavy (non-hydrogen) atoms. The minimum atomic E-state index is -6.00. The maximum atomic E-state index is 9.75. The molecular weight excluding hydrogens is 191 g/mol. The fourth-order valence-electron chi connectivity index (χ4n) is 0.289. The summed E-state index contributed by atoms with van der Waals surface area (Å²) < 4.78 is 39.0. The van der Waals surface area contributed by atoms with Crippen molar-refractivity contribution < 1.29 is 17.3 Å². The highest BCUT2D eigenvalue weighted by Crippen LogP contribution is 2.06. The predicted molar refractivity (Wildman–Crippen MR) is 49.1 cm³/mol. The van der Waals surface area contributed by atoms with Crippen LogP contribution >= 0.6 is 0 Å². The quantitative estimate of drug-likeness (QED) is 0.281. The monoisotopic (exact) mass is 204 g/mol. The van der Waals surface area contributed by atoms with Gasteiger partial charge in [0, 0.05) is 0 Å². The van der Waals surface area contributed by atoms with Crippen LogP contribution in [0.15, 0.2) is 12.2 Å². The molecule has 0 aliphatic rings. The molecule has 0 aliphatic carbocycles. The first-order valence-electron chi connectivity index (χ1n) is 3.30. The Labute approximate surface area is 73.5 Å². The molecule has 0 aromatic carbocycles. The highest BCUT2D eigenvalue weighted by molar-refractivity contribution is 7.95. The van der Waals surface area contributed by atoms with E-state index < -0.39 is 7.25 Å². The van der Waals surface area contributed by atoms with Crippen LogP contribution in [0.5, 0.6) is 0 Å². The van der Waals surface area contributed by atoms with Crippen molar-refractivity contribution in [1.82, 2.24) is 0 Å². The third kappa shape index (κ3) is 51.8. The Morgan fingerprint density at radius 1 is 1.17 bits per heavy atom. The van der Waals surface area contributed by atoms with Gasteiger partial charge in [-0.1, -0.05) is 6.08 Å². The van der Waals surface area contributed by atoms with E-state index in [0.29, 0.717) is 10.9 Å². The summed E-state index contributed by atoms with van der Waals surface area (Å²) in [4.78, 5) is 0. The SMILES string of the molecule is CC=CC[S+](C)C.F[B-](F)(F)F. The maximum absolute atomic E-state index is 9.75. The minimum Gasteiger partial charge on any atom is -0.418 e. The van der Waals surface area contributed by atoms with Gasteiger partial charge in [0.05, 0.1) is 12.5 Å². The number of hydrogen-bond donors (Lipinski definition) is 0. The summed E-state index contributed by atoms with van der Waals surface area (Å²) in [6, 6.07) is 0. The van der Waals surface area contributed by atoms with Crippen molar-refractivity contribution in [3.63, 3.8) is 0 Å². The molecule has 0 radical (unpaired) electrons. The smallest absolute Gasteiger partial charge is 0.418 e. The summed E-state index contributed by atoms with van der Waals surface area (Å²) in [7, 11) is -5.40. The standard InChI is InChI=1S/C6H13S.BF4/c1-4-5-6-7(2)3;2-1(3,4)5/h4-5H,6H2,1-3H3;/q+1;-1. The van der Waals surface area contributed by atoms with Crippen LogP contribution in [0.4, 0.5) is 17.3 Å². The van der Waals surface area contributed by atoms with E-state index in [1.54, 1.807) is 0 Å². The second kappa shape index (κ2) is 7.52. The molecule has 0 aliphatic heterocycles. The highest BCUT2D eigenvalue weighted by Gasteiger charge is 2.20. The molecular formula is C6H13BF4S. The zero-order valence-electron chi connectivity index (χ0n) is 7.36. The van der Waals surface area contributed by atoms with Crippen molar-refractivity contribution in [3.05, 3.63) is 12.2 Å². The fraction of sp³-hybridized carbons (Fsp3) is 0.667. The molecule has 0 spiro atoms. The second-order valence-electron chi connectivity index (χ2n) is 2.22. The van der Waals surface area contributed by atoms with Gasteiger partial charge in [-0.2, -0.15) is 0 Å². The zero-order chi connectivity index (χ0) is 10.2. The van der Waals surface area contributed by atoms with E-state index >= 15 is 0 Å². The van der Waals surface area contributed by atoms with E-state index in [-0.39, 0.29) is 0 Å². The summed E-state index contributed by atoms with van der Waals surface area (Å²) >= 11 is 0. The fourth-order valence-corrected chi connectivity index (χ4v) is 0.866. The van der Waals surface area contributed by atoms with Gasteiger partial charge >= 0.3 is 7.25 Å². The average molecular weight is 204 g/mol. The third-order valence-corrected chi connectivity index (χ3v) is 1.52. The molecule has 0 fully saturated rings. The van der Waals surface area contributed by atoms with Crippen molar-refractivity contribution in [1.29, 1.82) is 0 Å². The normalized spacial score (nSPS) is 11.7. The minimum absolute atomic E-state index is 0.598. The molecule has 0 amide bonds. The summed E-state index contributed by atoms with van der Waals surface area (Å²) in [5.41, 5.74) is 0. The van der Waals surface area contributed by atoms with Gasteiger partial charge < -0.3 is 17.3 Å². The van der Waals surface area contributed by atoms with Crippen LogP contribution in [0, 0.1) is 0 Å². The summed E-state index contributed by atoms with van der Waals surface area (Å²) in [6.07, 6.45) is 8.82. The Kier molecular flexibility index (Phi) is 9.03. The number of halogens is 4. The molecule has 0 bridgehead atoms. The van der Waals surface area contributed by atoms with Crippen molar-refractivity contribution in [2.75, 3.05) is 18.3 Å². The van der Waals surface area contributed by atoms with Gasteiger partial charge in [-0.25, -0.2) is 0 Å². The average Bonchev–Trinajstić information content (AvgIpc) is 1.79. The van der Waals surface area contributed by atoms with Crippen LogP contribution in [0.3, 0.4) is 0 Å². The lowest BCUT2D eigenvalue weighted by atomic mass is 10.3. The van der Waals surface area contributed by atoms with Crippen LogP contribution in [0.1, 0.15) is 6.92 Å². The van der Waals surface area contributed by atoms with Crippen LogP contribution in [0.2, 0.25) is 0 Å². The summed E-state index contributed by atoms with van der Waals surface area (Å²) in [6.45, 7) is 2.06. The van der Waals surface area contributed by atoms with Crippen LogP contribution in [0.25, 0.3) is 0 Å². The zero-order valence-corrected chi connectivity index (χ0v) is 8.18. The topological polar surface area (TPSA) is 0 Å². The van der Waals surface area contributed by atoms with Gasteiger partial charge in [-0.3, -0.25) is 0 Å². The lowest BCUT2D eigenvalue weighted by Gasteiger charge is -1.94. The van der Waals surface area contributed by atoms with E-state index in [9.17, 15) is 17.3 Å². The van der Waals surface area contributed by atoms with E-state index in [1.807, 2.05) is 0 Å². The Hall–Kier alpha value is -0.125. The third-order valence-electron chi connectivity index (χ3n) is 0.665. The van der Waals surface area contributed by atoms with Crippen LogP contribution in [-0.2, 0) is 10.9 Å². The van der Waals surface area contributed by atoms with E-state index in [4.69, 9.17) is 0 Å². The molecule has 0 atom stereocenters. The number of allylic oxidation sites excluding steroid dienone is 1. The van der Waals surface area contributed by atoms with Gasteiger partial charge in [0.15, 0.2) is 0 Å². The molecule has 0 aromatic heterocycles. The van der Waals surface area contributed by atoms with Crippen LogP contribution in [-0.4, -0.2) is 25.5 Å². The first kappa shape index (κ1) is 14.4. The molecule has 0 rings (SSSR count). The Balaban J connectivity index is 0. The van der Waals surface area contributed by atoms with E-state index in [2.05, 4.69) is 31.6 Å². The molecule has 0 unspecified atom stereocenters. The first-order valence-corrected chi connectivity index (χ1v) is 5.51. The lowest BCUT2D eigenvalue weighted by molar-refractivity contribution is 0.368. The molecule has 0 saturated carbocycles. The molecule has 0 N–H and O–H groups in total. The number of rotatable bonds is 2. The van der Waals surface area contributed by atoms with Gasteiger partial charge in [0.2, 0.25) is 0 Å². The van der Waals surface area contributed by atoms with E-state index in [1.165, 1.54) is 5.75 Å². The summed E-state index contributed by atoms with van der Waals surface area (Å²) in [5.74, 6) is 1.25. The van der Waals surface area contributed by atoms with Crippen LogP contribution < -0.4 is 0 Å². The summed E-state index contributed by atoms with van der Waals surface area (Å²) in [5, 5.41) is 0. The number of hydrogen-bond acceptors (Lipinski definition) is 0. The van der Waals surface area contributed by atoms with Crippen molar-refractivity contribution in [3.8, 4) is 0 Å². The van der Waals surface area contributed by atoms with Crippen molar-refractivity contribution >= 4 is 18.1 Å². The maximum Gasteiger partial charge on any atom is 0.673 e. The molecule has 0 aromatic rings. The van der Waals surface area contributed by atoms with Gasteiger partial charge in [0.25, 0.3) is 0 Å². The molecule has 6 heteroatoms. The molecule has 74 valence electrons. The Morgan fingerprint density at radius 3 is 1.58 bits per heavy atom. The van der Waals surface area contributed by atoms with Crippen molar-refractivity contribution in [2.45, 2.75) is 6.92 Å². The Bertz CT molecular complexity index is 115. The predicted octanol–water partition coefficient (Wildman–Crippen LogP) is 2.74. The molecule has 0 nitrogen and oxygen atoms in total.